The molecule has 112 valence electrons. The van der Waals surface area contributed by atoms with Crippen LogP contribution in [-0.4, -0.2) is 59.6 Å². The van der Waals surface area contributed by atoms with Gasteiger partial charge in [0.1, 0.15) is 0 Å². The van der Waals surface area contributed by atoms with Crippen molar-refractivity contribution in [3.05, 3.63) is 22.4 Å². The molecule has 5 heteroatoms. The maximum atomic E-state index is 12.1. The van der Waals surface area contributed by atoms with E-state index in [0.717, 1.165) is 45.6 Å². The fourth-order valence-corrected chi connectivity index (χ4v) is 3.15. The molecule has 4 nitrogen and oxygen atoms in total. The smallest absolute Gasteiger partial charge is 0.222 e. The molecule has 0 saturated carbocycles. The van der Waals surface area contributed by atoms with Crippen molar-refractivity contribution in [2.75, 3.05) is 32.7 Å². The van der Waals surface area contributed by atoms with Gasteiger partial charge in [0.2, 0.25) is 5.91 Å². The van der Waals surface area contributed by atoms with Gasteiger partial charge < -0.3 is 10.0 Å². The molecule has 1 atom stereocenters. The molecule has 1 aromatic heterocycles. The zero-order valence-corrected chi connectivity index (χ0v) is 12.9. The average molecular weight is 296 g/mol. The largest absolute Gasteiger partial charge is 0.392 e. The zero-order chi connectivity index (χ0) is 14.4. The Labute approximate surface area is 125 Å². The summed E-state index contributed by atoms with van der Waals surface area (Å²) >= 11 is 1.68. The van der Waals surface area contributed by atoms with Gasteiger partial charge in [-0.25, -0.2) is 0 Å². The summed E-state index contributed by atoms with van der Waals surface area (Å²) in [5.41, 5.74) is 1.26. The minimum Gasteiger partial charge on any atom is -0.392 e. The Hall–Kier alpha value is -0.910. The van der Waals surface area contributed by atoms with Gasteiger partial charge in [-0.05, 0) is 35.2 Å². The van der Waals surface area contributed by atoms with Gasteiger partial charge in [-0.1, -0.05) is 6.92 Å². The standard InChI is InChI=1S/C15H24N2O2S/c1-2-14(18)11-16-6-8-17(9-7-16)15(19)4-3-13-5-10-20-12-13/h5,10,12,14,18H,2-4,6-9,11H2,1H3/t14-/m0/s1. The Bertz CT molecular complexity index is 400. The van der Waals surface area contributed by atoms with Crippen LogP contribution >= 0.6 is 11.3 Å². The van der Waals surface area contributed by atoms with Crippen molar-refractivity contribution in [3.63, 3.8) is 0 Å². The van der Waals surface area contributed by atoms with Gasteiger partial charge in [-0.2, -0.15) is 11.3 Å². The van der Waals surface area contributed by atoms with Crippen molar-refractivity contribution in [2.24, 2.45) is 0 Å². The fraction of sp³-hybridized carbons (Fsp3) is 0.667. The molecular weight excluding hydrogens is 272 g/mol. The van der Waals surface area contributed by atoms with E-state index in [-0.39, 0.29) is 12.0 Å². The summed E-state index contributed by atoms with van der Waals surface area (Å²) in [6.45, 7) is 6.06. The number of aliphatic hydroxyl groups is 1. The van der Waals surface area contributed by atoms with Crippen molar-refractivity contribution in [3.8, 4) is 0 Å². The van der Waals surface area contributed by atoms with E-state index in [1.165, 1.54) is 5.56 Å². The Morgan fingerprint density at radius 2 is 2.15 bits per heavy atom. The number of nitrogens with zero attached hydrogens (tertiary/aromatic N) is 2. The molecule has 0 unspecified atom stereocenters. The van der Waals surface area contributed by atoms with Crippen molar-refractivity contribution < 1.29 is 9.90 Å². The van der Waals surface area contributed by atoms with E-state index >= 15 is 0 Å². The van der Waals surface area contributed by atoms with Crippen LogP contribution < -0.4 is 0 Å². The summed E-state index contributed by atoms with van der Waals surface area (Å²) in [5.74, 6) is 0.256. The number of thiophene rings is 1. The molecule has 1 aliphatic rings. The van der Waals surface area contributed by atoms with Crippen LogP contribution in [0.15, 0.2) is 16.8 Å². The lowest BCUT2D eigenvalue weighted by Gasteiger charge is -2.35. The van der Waals surface area contributed by atoms with Crippen molar-refractivity contribution in [1.82, 2.24) is 9.80 Å². The number of aliphatic hydroxyl groups excluding tert-OH is 1. The first kappa shape index (κ1) is 15.5. The zero-order valence-electron chi connectivity index (χ0n) is 12.1. The lowest BCUT2D eigenvalue weighted by molar-refractivity contribution is -0.133. The van der Waals surface area contributed by atoms with Gasteiger partial charge in [0, 0.05) is 39.1 Å². The monoisotopic (exact) mass is 296 g/mol. The lowest BCUT2D eigenvalue weighted by Crippen LogP contribution is -2.50. The van der Waals surface area contributed by atoms with Crippen molar-refractivity contribution in [1.29, 1.82) is 0 Å². The summed E-state index contributed by atoms with van der Waals surface area (Å²) in [5, 5.41) is 13.8. The number of amides is 1. The van der Waals surface area contributed by atoms with Gasteiger partial charge in [0.25, 0.3) is 0 Å². The number of hydrogen-bond donors (Lipinski definition) is 1. The van der Waals surface area contributed by atoms with Crippen LogP contribution in [0.3, 0.4) is 0 Å². The van der Waals surface area contributed by atoms with Gasteiger partial charge in [-0.15, -0.1) is 0 Å². The molecule has 1 fully saturated rings. The second-order valence-electron chi connectivity index (χ2n) is 5.38. The Balaban J connectivity index is 1.69. The second kappa shape index (κ2) is 7.76. The Morgan fingerprint density at radius 3 is 2.75 bits per heavy atom. The summed E-state index contributed by atoms with van der Waals surface area (Å²) < 4.78 is 0. The summed E-state index contributed by atoms with van der Waals surface area (Å²) in [6.07, 6.45) is 2.00. The van der Waals surface area contributed by atoms with Crippen LogP contribution in [0.4, 0.5) is 0 Å². The highest BCUT2D eigenvalue weighted by molar-refractivity contribution is 7.07. The molecule has 0 aromatic carbocycles. The molecule has 0 spiro atoms. The van der Waals surface area contributed by atoms with Gasteiger partial charge in [0.05, 0.1) is 6.10 Å². The van der Waals surface area contributed by atoms with E-state index in [2.05, 4.69) is 21.7 Å². The lowest BCUT2D eigenvalue weighted by atomic mass is 10.1. The van der Waals surface area contributed by atoms with Gasteiger partial charge in [0.15, 0.2) is 0 Å². The predicted molar refractivity (Wildman–Crippen MR) is 82.0 cm³/mol. The average Bonchev–Trinajstić information content (AvgIpc) is 2.98. The van der Waals surface area contributed by atoms with E-state index in [1.54, 1.807) is 11.3 Å². The first-order valence-corrected chi connectivity index (χ1v) is 8.32. The number of aryl methyl sites for hydroxylation is 1. The van der Waals surface area contributed by atoms with E-state index in [9.17, 15) is 9.90 Å². The first-order chi connectivity index (χ1) is 9.69. The maximum Gasteiger partial charge on any atom is 0.222 e. The van der Waals surface area contributed by atoms with E-state index in [1.807, 2.05) is 11.8 Å². The minimum atomic E-state index is -0.240. The molecule has 1 saturated heterocycles. The molecule has 1 N–H and O–H groups in total. The molecule has 20 heavy (non-hydrogen) atoms. The first-order valence-electron chi connectivity index (χ1n) is 7.38. The second-order valence-corrected chi connectivity index (χ2v) is 6.16. The van der Waals surface area contributed by atoms with E-state index in [4.69, 9.17) is 0 Å². The number of carbonyl (C=O) groups is 1. The number of rotatable bonds is 6. The Kier molecular flexibility index (Phi) is 6.01. The highest BCUT2D eigenvalue weighted by Gasteiger charge is 2.21. The molecular formula is C15H24N2O2S. The van der Waals surface area contributed by atoms with Crippen LogP contribution in [0.2, 0.25) is 0 Å². The SMILES string of the molecule is CC[C@H](O)CN1CCN(C(=O)CCc2ccsc2)CC1. The quantitative estimate of drug-likeness (QED) is 0.867. The summed E-state index contributed by atoms with van der Waals surface area (Å²) in [4.78, 5) is 16.3. The highest BCUT2D eigenvalue weighted by atomic mass is 32.1. The van der Waals surface area contributed by atoms with Crippen LogP contribution in [0.25, 0.3) is 0 Å². The van der Waals surface area contributed by atoms with E-state index in [0.29, 0.717) is 6.42 Å². The highest BCUT2D eigenvalue weighted by Crippen LogP contribution is 2.11. The third-order valence-electron chi connectivity index (χ3n) is 3.87. The predicted octanol–water partition coefficient (Wildman–Crippen LogP) is 1.60. The molecule has 1 aliphatic heterocycles. The molecule has 0 aliphatic carbocycles. The third kappa shape index (κ3) is 4.58. The van der Waals surface area contributed by atoms with Gasteiger partial charge in [-0.3, -0.25) is 9.69 Å². The minimum absolute atomic E-state index is 0.240. The molecule has 0 radical (unpaired) electrons. The molecule has 2 rings (SSSR count). The fourth-order valence-electron chi connectivity index (χ4n) is 2.45. The van der Waals surface area contributed by atoms with Crippen molar-refractivity contribution in [2.45, 2.75) is 32.3 Å². The molecule has 1 amide bonds. The number of carbonyl (C=O) groups excluding carboxylic acids is 1. The number of piperazine rings is 1. The van der Waals surface area contributed by atoms with Crippen molar-refractivity contribution >= 4 is 17.2 Å². The number of hydrogen-bond acceptors (Lipinski definition) is 4. The molecule has 2 heterocycles. The summed E-state index contributed by atoms with van der Waals surface area (Å²) in [6, 6.07) is 2.09. The van der Waals surface area contributed by atoms with Gasteiger partial charge >= 0.3 is 0 Å². The number of β-amino-alcohol motifs (C(OH)–C–C–N with tert-alkyl or cyclic N) is 1. The van der Waals surface area contributed by atoms with Crippen LogP contribution in [0.1, 0.15) is 25.3 Å². The van der Waals surface area contributed by atoms with Crippen LogP contribution in [-0.2, 0) is 11.2 Å². The molecule has 1 aromatic rings. The normalized spacial score (nSPS) is 18.2. The van der Waals surface area contributed by atoms with E-state index < -0.39 is 0 Å². The maximum absolute atomic E-state index is 12.1. The Morgan fingerprint density at radius 1 is 1.40 bits per heavy atom. The van der Waals surface area contributed by atoms with Crippen LogP contribution in [0, 0.1) is 0 Å². The molecule has 0 bridgehead atoms. The third-order valence-corrected chi connectivity index (χ3v) is 4.60. The topological polar surface area (TPSA) is 43.8 Å². The van der Waals surface area contributed by atoms with Crippen LogP contribution in [0.5, 0.6) is 0 Å². The summed E-state index contributed by atoms with van der Waals surface area (Å²) in [7, 11) is 0.